The van der Waals surface area contributed by atoms with Gasteiger partial charge in [0.25, 0.3) is 5.91 Å². The third kappa shape index (κ3) is 5.01. The molecule has 2 N–H and O–H groups in total. The van der Waals surface area contributed by atoms with Gasteiger partial charge < -0.3 is 15.5 Å². The van der Waals surface area contributed by atoms with Crippen LogP contribution in [0, 0.1) is 5.92 Å². The van der Waals surface area contributed by atoms with E-state index in [0.29, 0.717) is 18.0 Å². The van der Waals surface area contributed by atoms with Crippen LogP contribution in [0.2, 0.25) is 0 Å². The van der Waals surface area contributed by atoms with Crippen LogP contribution in [0.1, 0.15) is 37.0 Å². The maximum absolute atomic E-state index is 12.2. The molecule has 5 nitrogen and oxygen atoms in total. The van der Waals surface area contributed by atoms with Gasteiger partial charge in [0.15, 0.2) is 0 Å². The lowest BCUT2D eigenvalue weighted by Gasteiger charge is -2.20. The first-order chi connectivity index (χ1) is 10.2. The van der Waals surface area contributed by atoms with E-state index in [1.807, 2.05) is 6.92 Å². The Morgan fingerprint density at radius 3 is 2.90 bits per heavy atom. The van der Waals surface area contributed by atoms with Gasteiger partial charge in [-0.3, -0.25) is 4.79 Å². The fourth-order valence-corrected chi connectivity index (χ4v) is 2.69. The van der Waals surface area contributed by atoms with E-state index in [1.54, 1.807) is 18.3 Å². The molecule has 0 saturated carbocycles. The largest absolute Gasteiger partial charge is 0.370 e. The molecule has 5 heteroatoms. The van der Waals surface area contributed by atoms with E-state index in [2.05, 4.69) is 27.4 Å². The molecule has 1 unspecified atom stereocenters. The Morgan fingerprint density at radius 2 is 2.19 bits per heavy atom. The second-order valence-corrected chi connectivity index (χ2v) is 5.78. The normalized spacial score (nSPS) is 16.7. The summed E-state index contributed by atoms with van der Waals surface area (Å²) in [6.07, 6.45) is 4.28. The quantitative estimate of drug-likeness (QED) is 0.806. The maximum Gasteiger partial charge on any atom is 0.251 e. The molecule has 2 rings (SSSR count). The van der Waals surface area contributed by atoms with Crippen molar-refractivity contribution in [1.82, 2.24) is 15.2 Å². The predicted molar refractivity (Wildman–Crippen MR) is 85.6 cm³/mol. The Kier molecular flexibility index (Phi) is 5.99. The van der Waals surface area contributed by atoms with Gasteiger partial charge in [-0.15, -0.1) is 0 Å². The number of nitrogens with one attached hydrogen (secondary N) is 2. The minimum Gasteiger partial charge on any atom is -0.370 e. The molecule has 1 aliphatic rings. The maximum atomic E-state index is 12.2. The molecule has 0 aromatic carbocycles. The molecule has 1 saturated heterocycles. The molecule has 1 aliphatic heterocycles. The molecule has 1 aromatic heterocycles. The summed E-state index contributed by atoms with van der Waals surface area (Å²) in [5.74, 6) is 1.20. The van der Waals surface area contributed by atoms with Gasteiger partial charge in [-0.2, -0.15) is 0 Å². The molecule has 1 aromatic rings. The standard InChI is InChI=1S/C16H26N4O/c1-3-17-15-10-14(6-7-18-15)16(21)19-11-13(2)12-20-8-4-5-9-20/h6-7,10,13H,3-5,8-9,11-12H2,1-2H3,(H,17,18)(H,19,21). The molecule has 21 heavy (non-hydrogen) atoms. The highest BCUT2D eigenvalue weighted by Gasteiger charge is 2.15. The van der Waals surface area contributed by atoms with Gasteiger partial charge in [-0.1, -0.05) is 6.92 Å². The number of likely N-dealkylation sites (tertiary alicyclic amines) is 1. The number of pyridine rings is 1. The highest BCUT2D eigenvalue weighted by atomic mass is 16.1. The van der Waals surface area contributed by atoms with Crippen LogP contribution in [0.5, 0.6) is 0 Å². The molecule has 0 spiro atoms. The Balaban J connectivity index is 1.79. The lowest BCUT2D eigenvalue weighted by atomic mass is 10.1. The number of anilines is 1. The Morgan fingerprint density at radius 1 is 1.43 bits per heavy atom. The second kappa shape index (κ2) is 7.98. The van der Waals surface area contributed by atoms with Crippen molar-refractivity contribution in [2.75, 3.05) is 38.0 Å². The zero-order valence-corrected chi connectivity index (χ0v) is 13.1. The molecule has 1 amide bonds. The van der Waals surface area contributed by atoms with Crippen LogP contribution >= 0.6 is 0 Å². The van der Waals surface area contributed by atoms with Crippen LogP contribution in [-0.2, 0) is 0 Å². The number of carbonyl (C=O) groups excluding carboxylic acids is 1. The second-order valence-electron chi connectivity index (χ2n) is 5.78. The minimum absolute atomic E-state index is 0.0233. The summed E-state index contributed by atoms with van der Waals surface area (Å²) < 4.78 is 0. The number of rotatable bonds is 7. The van der Waals surface area contributed by atoms with Gasteiger partial charge in [0, 0.05) is 31.4 Å². The van der Waals surface area contributed by atoms with Crippen LogP contribution in [0.4, 0.5) is 5.82 Å². The third-order valence-corrected chi connectivity index (χ3v) is 3.76. The SMILES string of the molecule is CCNc1cc(C(=O)NCC(C)CN2CCCC2)ccn1. The average molecular weight is 290 g/mol. The summed E-state index contributed by atoms with van der Waals surface area (Å²) in [4.78, 5) is 18.8. The van der Waals surface area contributed by atoms with Crippen molar-refractivity contribution >= 4 is 11.7 Å². The van der Waals surface area contributed by atoms with Crippen LogP contribution < -0.4 is 10.6 Å². The summed E-state index contributed by atoms with van der Waals surface area (Å²) in [5, 5.41) is 6.14. The van der Waals surface area contributed by atoms with Gasteiger partial charge in [0.2, 0.25) is 0 Å². The monoisotopic (exact) mass is 290 g/mol. The van der Waals surface area contributed by atoms with E-state index in [1.165, 1.54) is 25.9 Å². The Labute approximate surface area is 127 Å². The number of aromatic nitrogens is 1. The summed E-state index contributed by atoms with van der Waals surface area (Å²) in [6.45, 7) is 9.19. The number of amides is 1. The third-order valence-electron chi connectivity index (χ3n) is 3.76. The lowest BCUT2D eigenvalue weighted by Crippen LogP contribution is -2.34. The number of carbonyl (C=O) groups is 1. The van der Waals surface area contributed by atoms with Crippen molar-refractivity contribution in [2.24, 2.45) is 5.92 Å². The fourth-order valence-electron chi connectivity index (χ4n) is 2.69. The molecule has 2 heterocycles. The van der Waals surface area contributed by atoms with Gasteiger partial charge in [0.05, 0.1) is 0 Å². The molecule has 116 valence electrons. The topological polar surface area (TPSA) is 57.3 Å². The van der Waals surface area contributed by atoms with Crippen molar-refractivity contribution in [3.63, 3.8) is 0 Å². The van der Waals surface area contributed by atoms with E-state index in [-0.39, 0.29) is 5.91 Å². The molecule has 0 aliphatic carbocycles. The van der Waals surface area contributed by atoms with Gasteiger partial charge in [-0.05, 0) is 50.9 Å². The molecule has 0 bridgehead atoms. The molecule has 0 radical (unpaired) electrons. The molecule has 1 fully saturated rings. The van der Waals surface area contributed by atoms with E-state index in [4.69, 9.17) is 0 Å². The van der Waals surface area contributed by atoms with Gasteiger partial charge >= 0.3 is 0 Å². The van der Waals surface area contributed by atoms with Crippen LogP contribution in [0.25, 0.3) is 0 Å². The first-order valence-corrected chi connectivity index (χ1v) is 7.89. The molecular formula is C16H26N4O. The van der Waals surface area contributed by atoms with E-state index in [0.717, 1.165) is 18.9 Å². The van der Waals surface area contributed by atoms with Crippen LogP contribution in [0.15, 0.2) is 18.3 Å². The fraction of sp³-hybridized carbons (Fsp3) is 0.625. The average Bonchev–Trinajstić information content (AvgIpc) is 2.98. The summed E-state index contributed by atoms with van der Waals surface area (Å²) in [6, 6.07) is 3.55. The first-order valence-electron chi connectivity index (χ1n) is 7.89. The van der Waals surface area contributed by atoms with Gasteiger partial charge in [0.1, 0.15) is 5.82 Å². The Hall–Kier alpha value is -1.62. The predicted octanol–water partition coefficient (Wildman–Crippen LogP) is 1.98. The van der Waals surface area contributed by atoms with Crippen LogP contribution in [-0.4, -0.2) is 48.5 Å². The van der Waals surface area contributed by atoms with Crippen molar-refractivity contribution in [2.45, 2.75) is 26.7 Å². The van der Waals surface area contributed by atoms with Crippen molar-refractivity contribution in [3.8, 4) is 0 Å². The van der Waals surface area contributed by atoms with Gasteiger partial charge in [-0.25, -0.2) is 4.98 Å². The smallest absolute Gasteiger partial charge is 0.251 e. The molecular weight excluding hydrogens is 264 g/mol. The highest BCUT2D eigenvalue weighted by molar-refractivity contribution is 5.94. The zero-order valence-electron chi connectivity index (χ0n) is 13.1. The number of nitrogens with zero attached hydrogens (tertiary/aromatic N) is 2. The zero-order chi connectivity index (χ0) is 15.1. The summed E-state index contributed by atoms with van der Waals surface area (Å²) in [5.41, 5.74) is 0.661. The lowest BCUT2D eigenvalue weighted by molar-refractivity contribution is 0.0945. The van der Waals surface area contributed by atoms with Crippen LogP contribution in [0.3, 0.4) is 0 Å². The first kappa shape index (κ1) is 15.8. The number of hydrogen-bond donors (Lipinski definition) is 2. The molecule has 1 atom stereocenters. The number of hydrogen-bond acceptors (Lipinski definition) is 4. The van der Waals surface area contributed by atoms with E-state index < -0.39 is 0 Å². The van der Waals surface area contributed by atoms with Crippen molar-refractivity contribution in [1.29, 1.82) is 0 Å². The summed E-state index contributed by atoms with van der Waals surface area (Å²) >= 11 is 0. The van der Waals surface area contributed by atoms with E-state index >= 15 is 0 Å². The minimum atomic E-state index is -0.0233. The van der Waals surface area contributed by atoms with Crippen molar-refractivity contribution in [3.05, 3.63) is 23.9 Å². The van der Waals surface area contributed by atoms with Crippen molar-refractivity contribution < 1.29 is 4.79 Å². The Bertz CT molecular complexity index is 457. The summed E-state index contributed by atoms with van der Waals surface area (Å²) in [7, 11) is 0. The highest BCUT2D eigenvalue weighted by Crippen LogP contribution is 2.10. The van der Waals surface area contributed by atoms with E-state index in [9.17, 15) is 4.79 Å².